The lowest BCUT2D eigenvalue weighted by Gasteiger charge is -2.13. The SMILES string of the molecule is Cc1nn(C)c2c1nc(C(C)Cl)n2C1C(C)(C)C1(C)C. The van der Waals surface area contributed by atoms with Gasteiger partial charge in [0.05, 0.1) is 11.1 Å². The molecule has 1 fully saturated rings. The zero-order valence-electron chi connectivity index (χ0n) is 13.3. The van der Waals surface area contributed by atoms with Crippen LogP contribution in [0.1, 0.15) is 57.6 Å². The van der Waals surface area contributed by atoms with Gasteiger partial charge in [-0.15, -0.1) is 11.6 Å². The summed E-state index contributed by atoms with van der Waals surface area (Å²) >= 11 is 6.39. The van der Waals surface area contributed by atoms with E-state index in [1.807, 2.05) is 25.6 Å². The van der Waals surface area contributed by atoms with E-state index in [9.17, 15) is 0 Å². The first-order valence-corrected chi connectivity index (χ1v) is 7.60. The molecule has 20 heavy (non-hydrogen) atoms. The van der Waals surface area contributed by atoms with E-state index in [0.29, 0.717) is 6.04 Å². The maximum absolute atomic E-state index is 6.39. The minimum atomic E-state index is -0.103. The summed E-state index contributed by atoms with van der Waals surface area (Å²) in [6.45, 7) is 13.3. The van der Waals surface area contributed by atoms with Gasteiger partial charge in [0.15, 0.2) is 5.65 Å². The normalized spacial score (nSPS) is 22.4. The second-order valence-corrected chi connectivity index (χ2v) is 7.84. The molecule has 0 spiro atoms. The summed E-state index contributed by atoms with van der Waals surface area (Å²) in [5.74, 6) is 0.960. The van der Waals surface area contributed by atoms with Crippen LogP contribution in [0.4, 0.5) is 0 Å². The van der Waals surface area contributed by atoms with Gasteiger partial charge in [-0.25, -0.2) is 4.98 Å². The van der Waals surface area contributed by atoms with Crippen LogP contribution in [0, 0.1) is 17.8 Å². The summed E-state index contributed by atoms with van der Waals surface area (Å²) in [6, 6.07) is 0.408. The summed E-state index contributed by atoms with van der Waals surface area (Å²) in [6.07, 6.45) is 0. The molecule has 2 aromatic heterocycles. The second-order valence-electron chi connectivity index (χ2n) is 7.18. The largest absolute Gasteiger partial charge is 0.307 e. The van der Waals surface area contributed by atoms with E-state index in [-0.39, 0.29) is 16.2 Å². The van der Waals surface area contributed by atoms with Crippen LogP contribution in [0.5, 0.6) is 0 Å². The number of nitrogens with zero attached hydrogens (tertiary/aromatic N) is 4. The molecule has 1 saturated carbocycles. The van der Waals surface area contributed by atoms with Crippen LogP contribution in [-0.2, 0) is 7.05 Å². The lowest BCUT2D eigenvalue weighted by atomic mass is 10.0. The maximum atomic E-state index is 6.39. The van der Waals surface area contributed by atoms with Crippen molar-refractivity contribution < 1.29 is 0 Å². The van der Waals surface area contributed by atoms with Gasteiger partial charge in [0.25, 0.3) is 0 Å². The summed E-state index contributed by atoms with van der Waals surface area (Å²) < 4.78 is 4.26. The lowest BCUT2D eigenvalue weighted by Crippen LogP contribution is -2.10. The highest BCUT2D eigenvalue weighted by Crippen LogP contribution is 2.72. The summed E-state index contributed by atoms with van der Waals surface area (Å²) in [5.41, 5.74) is 3.51. The predicted octanol–water partition coefficient (Wildman–Crippen LogP) is 3.99. The zero-order chi connectivity index (χ0) is 15.0. The van der Waals surface area contributed by atoms with Gasteiger partial charge >= 0.3 is 0 Å². The molecular formula is C15H23ClN4. The molecular weight excluding hydrogens is 272 g/mol. The fourth-order valence-electron chi connectivity index (χ4n) is 3.65. The van der Waals surface area contributed by atoms with Gasteiger partial charge in [0.1, 0.15) is 11.3 Å². The maximum Gasteiger partial charge on any atom is 0.159 e. The molecule has 0 saturated heterocycles. The summed E-state index contributed by atoms with van der Waals surface area (Å²) in [7, 11) is 1.98. The Morgan fingerprint density at radius 1 is 1.20 bits per heavy atom. The first-order chi connectivity index (χ1) is 9.10. The lowest BCUT2D eigenvalue weighted by molar-refractivity contribution is 0.457. The molecule has 3 rings (SSSR count). The zero-order valence-corrected chi connectivity index (χ0v) is 14.1. The summed E-state index contributed by atoms with van der Waals surface area (Å²) in [5, 5.41) is 4.40. The third-order valence-electron chi connectivity index (χ3n) is 5.42. The van der Waals surface area contributed by atoms with Crippen molar-refractivity contribution in [1.29, 1.82) is 0 Å². The van der Waals surface area contributed by atoms with E-state index in [2.05, 4.69) is 37.4 Å². The topological polar surface area (TPSA) is 35.6 Å². The number of halogens is 1. The van der Waals surface area contributed by atoms with Gasteiger partial charge in [0, 0.05) is 13.1 Å². The van der Waals surface area contributed by atoms with Crippen LogP contribution in [-0.4, -0.2) is 19.3 Å². The van der Waals surface area contributed by atoms with E-state index in [1.54, 1.807) is 0 Å². The Hall–Kier alpha value is -1.03. The molecule has 1 atom stereocenters. The molecule has 110 valence electrons. The molecule has 5 heteroatoms. The van der Waals surface area contributed by atoms with Gasteiger partial charge in [-0.05, 0) is 24.7 Å². The van der Waals surface area contributed by atoms with Crippen molar-refractivity contribution in [2.24, 2.45) is 17.9 Å². The number of imidazole rings is 1. The molecule has 1 aliphatic rings. The fourth-order valence-corrected chi connectivity index (χ4v) is 3.81. The van der Waals surface area contributed by atoms with Gasteiger partial charge in [-0.3, -0.25) is 4.68 Å². The first kappa shape index (κ1) is 13.9. The summed E-state index contributed by atoms with van der Waals surface area (Å²) in [4.78, 5) is 4.77. The standard InChI is InChI=1S/C15H23ClN4/c1-8(16)11-17-10-9(2)18-19(7)12(10)20(11)13-14(3,4)15(13,5)6/h8,13H,1-7H3. The number of hydrogen-bond donors (Lipinski definition) is 0. The van der Waals surface area contributed by atoms with Crippen LogP contribution in [0.25, 0.3) is 11.2 Å². The minimum Gasteiger partial charge on any atom is -0.307 e. The molecule has 0 radical (unpaired) electrons. The molecule has 1 unspecified atom stereocenters. The number of aromatic nitrogens is 4. The van der Waals surface area contributed by atoms with E-state index in [0.717, 1.165) is 22.7 Å². The van der Waals surface area contributed by atoms with Crippen LogP contribution in [0.3, 0.4) is 0 Å². The van der Waals surface area contributed by atoms with Crippen molar-refractivity contribution >= 4 is 22.8 Å². The molecule has 2 heterocycles. The second kappa shape index (κ2) is 3.79. The predicted molar refractivity (Wildman–Crippen MR) is 82.1 cm³/mol. The molecule has 0 bridgehead atoms. The van der Waals surface area contributed by atoms with Crippen molar-refractivity contribution in [3.05, 3.63) is 11.5 Å². The Balaban J connectivity index is 2.32. The quantitative estimate of drug-likeness (QED) is 0.785. The Morgan fingerprint density at radius 2 is 1.75 bits per heavy atom. The number of fused-ring (bicyclic) bond motifs is 1. The highest BCUT2D eigenvalue weighted by Gasteiger charge is 2.66. The van der Waals surface area contributed by atoms with Gasteiger partial charge in [0.2, 0.25) is 0 Å². The number of hydrogen-bond acceptors (Lipinski definition) is 2. The molecule has 0 N–H and O–H groups in total. The Kier molecular flexibility index (Phi) is 2.64. The average molecular weight is 295 g/mol. The molecule has 1 aliphatic carbocycles. The molecule has 0 aliphatic heterocycles. The van der Waals surface area contributed by atoms with Crippen molar-refractivity contribution in [1.82, 2.24) is 19.3 Å². The first-order valence-electron chi connectivity index (χ1n) is 7.16. The van der Waals surface area contributed by atoms with E-state index >= 15 is 0 Å². The fraction of sp³-hybridized carbons (Fsp3) is 0.733. The highest BCUT2D eigenvalue weighted by atomic mass is 35.5. The van der Waals surface area contributed by atoms with Crippen molar-refractivity contribution in [3.8, 4) is 0 Å². The van der Waals surface area contributed by atoms with E-state index in [1.165, 1.54) is 0 Å². The Labute approximate surface area is 125 Å². The van der Waals surface area contributed by atoms with Crippen LogP contribution in [0.15, 0.2) is 0 Å². The highest BCUT2D eigenvalue weighted by molar-refractivity contribution is 6.20. The molecule has 2 aromatic rings. The van der Waals surface area contributed by atoms with Crippen LogP contribution < -0.4 is 0 Å². The van der Waals surface area contributed by atoms with Crippen LogP contribution in [0.2, 0.25) is 0 Å². The monoisotopic (exact) mass is 294 g/mol. The number of aryl methyl sites for hydroxylation is 2. The van der Waals surface area contributed by atoms with E-state index in [4.69, 9.17) is 16.6 Å². The third kappa shape index (κ3) is 1.49. The Bertz CT molecular complexity index is 676. The van der Waals surface area contributed by atoms with Crippen molar-refractivity contribution in [2.75, 3.05) is 0 Å². The number of rotatable bonds is 2. The van der Waals surface area contributed by atoms with Crippen molar-refractivity contribution in [2.45, 2.75) is 53.0 Å². The van der Waals surface area contributed by atoms with E-state index < -0.39 is 0 Å². The van der Waals surface area contributed by atoms with Crippen LogP contribution >= 0.6 is 11.6 Å². The molecule has 4 nitrogen and oxygen atoms in total. The third-order valence-corrected chi connectivity index (χ3v) is 5.62. The molecule has 0 aromatic carbocycles. The van der Waals surface area contributed by atoms with Gasteiger partial charge in [-0.2, -0.15) is 5.10 Å². The number of alkyl halides is 1. The smallest absolute Gasteiger partial charge is 0.159 e. The van der Waals surface area contributed by atoms with Gasteiger partial charge < -0.3 is 4.57 Å². The van der Waals surface area contributed by atoms with Gasteiger partial charge in [-0.1, -0.05) is 27.7 Å². The minimum absolute atomic E-state index is 0.103. The average Bonchev–Trinajstić information content (AvgIpc) is 2.67. The van der Waals surface area contributed by atoms with Crippen molar-refractivity contribution in [3.63, 3.8) is 0 Å². The Morgan fingerprint density at radius 3 is 2.20 bits per heavy atom. The molecule has 0 amide bonds.